The van der Waals surface area contributed by atoms with Gasteiger partial charge in [0.05, 0.1) is 5.69 Å². The lowest BCUT2D eigenvalue weighted by molar-refractivity contribution is 0.131. The first kappa shape index (κ1) is 14.5. The van der Waals surface area contributed by atoms with Crippen LogP contribution in [0.4, 0.5) is 5.82 Å². The van der Waals surface area contributed by atoms with Crippen LogP contribution in [0.5, 0.6) is 0 Å². The van der Waals surface area contributed by atoms with Crippen molar-refractivity contribution in [1.29, 1.82) is 0 Å². The Morgan fingerprint density at radius 2 is 2.06 bits per heavy atom. The van der Waals surface area contributed by atoms with E-state index in [4.69, 9.17) is 4.74 Å². The fourth-order valence-corrected chi connectivity index (χ4v) is 1.60. The Balaban J connectivity index is 2.11. The first-order valence-electron chi connectivity index (χ1n) is 6.18. The molecule has 0 aliphatic rings. The molecular formula is C13H21BrN2O. The topological polar surface area (TPSA) is 34.1 Å². The van der Waals surface area contributed by atoms with Gasteiger partial charge in [0.25, 0.3) is 0 Å². The third kappa shape index (κ3) is 6.03. The van der Waals surface area contributed by atoms with E-state index in [2.05, 4.69) is 33.2 Å². The number of anilines is 1. The van der Waals surface area contributed by atoms with Crippen LogP contribution in [0, 0.1) is 6.92 Å². The lowest BCUT2D eigenvalue weighted by Gasteiger charge is -2.07. The highest BCUT2D eigenvalue weighted by Crippen LogP contribution is 2.15. The highest BCUT2D eigenvalue weighted by molar-refractivity contribution is 9.10. The lowest BCUT2D eigenvalue weighted by atomic mass is 10.3. The lowest BCUT2D eigenvalue weighted by Crippen LogP contribution is -2.07. The van der Waals surface area contributed by atoms with E-state index in [1.807, 2.05) is 19.1 Å². The number of aromatic nitrogens is 1. The Kier molecular flexibility index (Phi) is 7.21. The van der Waals surface area contributed by atoms with Crippen molar-refractivity contribution in [3.63, 3.8) is 0 Å². The molecular weight excluding hydrogens is 280 g/mol. The van der Waals surface area contributed by atoms with Gasteiger partial charge in [-0.3, -0.25) is 0 Å². The number of unbranched alkanes of at least 4 members (excludes halogenated alkanes) is 1. The van der Waals surface area contributed by atoms with E-state index in [0.29, 0.717) is 0 Å². The Bertz CT molecular complexity index is 331. The van der Waals surface area contributed by atoms with Gasteiger partial charge in [0.1, 0.15) is 5.82 Å². The van der Waals surface area contributed by atoms with Crippen molar-refractivity contribution in [2.75, 3.05) is 25.1 Å². The quantitative estimate of drug-likeness (QED) is 0.742. The second-order valence-corrected chi connectivity index (χ2v) is 4.86. The summed E-state index contributed by atoms with van der Waals surface area (Å²) in [5.41, 5.74) is 1.01. The van der Waals surface area contributed by atoms with Crippen LogP contribution < -0.4 is 5.32 Å². The summed E-state index contributed by atoms with van der Waals surface area (Å²) in [7, 11) is 0. The number of pyridine rings is 1. The molecule has 3 nitrogen and oxygen atoms in total. The molecule has 0 spiro atoms. The number of halogens is 1. The number of nitrogens with zero attached hydrogens (tertiary/aromatic N) is 1. The molecule has 1 aromatic rings. The average Bonchev–Trinajstić information content (AvgIpc) is 2.32. The first-order valence-corrected chi connectivity index (χ1v) is 6.98. The van der Waals surface area contributed by atoms with Crippen LogP contribution in [0.25, 0.3) is 0 Å². The van der Waals surface area contributed by atoms with Gasteiger partial charge in [-0.2, -0.15) is 0 Å². The number of aryl methyl sites for hydroxylation is 1. The monoisotopic (exact) mass is 300 g/mol. The fourth-order valence-electron chi connectivity index (χ4n) is 1.38. The van der Waals surface area contributed by atoms with Crippen molar-refractivity contribution in [2.45, 2.75) is 33.1 Å². The van der Waals surface area contributed by atoms with Crippen LogP contribution in [0.1, 0.15) is 31.9 Å². The van der Waals surface area contributed by atoms with Gasteiger partial charge < -0.3 is 10.1 Å². The van der Waals surface area contributed by atoms with Gasteiger partial charge >= 0.3 is 0 Å². The fraction of sp³-hybridized carbons (Fsp3) is 0.615. The summed E-state index contributed by atoms with van der Waals surface area (Å²) in [5, 5.41) is 3.29. The van der Waals surface area contributed by atoms with E-state index in [1.54, 1.807) is 0 Å². The van der Waals surface area contributed by atoms with Gasteiger partial charge in [0.2, 0.25) is 0 Å². The SMILES string of the molecule is CCCCOCCCNc1ccc(Br)c(C)n1. The predicted molar refractivity (Wildman–Crippen MR) is 75.5 cm³/mol. The molecule has 0 bridgehead atoms. The molecule has 0 unspecified atom stereocenters. The van der Waals surface area contributed by atoms with E-state index in [1.165, 1.54) is 6.42 Å². The zero-order valence-corrected chi connectivity index (χ0v) is 12.2. The Morgan fingerprint density at radius 1 is 1.29 bits per heavy atom. The summed E-state index contributed by atoms with van der Waals surface area (Å²) in [4.78, 5) is 4.42. The number of hydrogen-bond acceptors (Lipinski definition) is 3. The molecule has 0 fully saturated rings. The van der Waals surface area contributed by atoms with Crippen molar-refractivity contribution in [2.24, 2.45) is 0 Å². The van der Waals surface area contributed by atoms with Crippen molar-refractivity contribution >= 4 is 21.7 Å². The van der Waals surface area contributed by atoms with Crippen LogP contribution in [0.3, 0.4) is 0 Å². The molecule has 0 saturated heterocycles. The Hall–Kier alpha value is -0.610. The van der Waals surface area contributed by atoms with Crippen molar-refractivity contribution < 1.29 is 4.74 Å². The molecule has 17 heavy (non-hydrogen) atoms. The van der Waals surface area contributed by atoms with Crippen molar-refractivity contribution in [1.82, 2.24) is 4.98 Å². The van der Waals surface area contributed by atoms with Gasteiger partial charge in [-0.25, -0.2) is 4.98 Å². The largest absolute Gasteiger partial charge is 0.381 e. The minimum atomic E-state index is 0.822. The molecule has 1 rings (SSSR count). The van der Waals surface area contributed by atoms with Crippen LogP contribution in [-0.2, 0) is 4.74 Å². The highest BCUT2D eigenvalue weighted by atomic mass is 79.9. The summed E-state index contributed by atoms with van der Waals surface area (Å²) >= 11 is 3.44. The Morgan fingerprint density at radius 3 is 2.76 bits per heavy atom. The third-order valence-electron chi connectivity index (χ3n) is 2.44. The summed E-state index contributed by atoms with van der Waals surface area (Å²) in [5.74, 6) is 0.930. The second kappa shape index (κ2) is 8.48. The highest BCUT2D eigenvalue weighted by Gasteiger charge is 1.98. The zero-order chi connectivity index (χ0) is 12.5. The molecule has 0 radical (unpaired) electrons. The molecule has 0 atom stereocenters. The maximum Gasteiger partial charge on any atom is 0.126 e. The first-order chi connectivity index (χ1) is 8.24. The molecule has 0 saturated carbocycles. The summed E-state index contributed by atoms with van der Waals surface area (Å²) in [6.07, 6.45) is 3.36. The van der Waals surface area contributed by atoms with Gasteiger partial charge in [-0.05, 0) is 47.8 Å². The molecule has 0 aliphatic carbocycles. The smallest absolute Gasteiger partial charge is 0.126 e. The minimum absolute atomic E-state index is 0.822. The number of ether oxygens (including phenoxy) is 1. The van der Waals surface area contributed by atoms with E-state index in [9.17, 15) is 0 Å². The summed E-state index contributed by atoms with van der Waals surface area (Å²) < 4.78 is 6.53. The van der Waals surface area contributed by atoms with E-state index >= 15 is 0 Å². The molecule has 96 valence electrons. The zero-order valence-electron chi connectivity index (χ0n) is 10.6. The van der Waals surface area contributed by atoms with Crippen molar-refractivity contribution in [3.8, 4) is 0 Å². The summed E-state index contributed by atoms with van der Waals surface area (Å²) in [6, 6.07) is 4.00. The van der Waals surface area contributed by atoms with Gasteiger partial charge in [0, 0.05) is 24.2 Å². The molecule has 1 aromatic heterocycles. The normalized spacial score (nSPS) is 10.5. The van der Waals surface area contributed by atoms with Crippen LogP contribution in [0.2, 0.25) is 0 Å². The maximum atomic E-state index is 5.49. The molecule has 0 aliphatic heterocycles. The van der Waals surface area contributed by atoms with Crippen LogP contribution >= 0.6 is 15.9 Å². The molecule has 4 heteroatoms. The van der Waals surface area contributed by atoms with E-state index in [0.717, 1.165) is 48.6 Å². The van der Waals surface area contributed by atoms with Gasteiger partial charge in [-0.15, -0.1) is 0 Å². The number of rotatable bonds is 8. The van der Waals surface area contributed by atoms with Crippen molar-refractivity contribution in [3.05, 3.63) is 22.3 Å². The predicted octanol–water partition coefficient (Wildman–Crippen LogP) is 3.77. The van der Waals surface area contributed by atoms with Gasteiger partial charge in [-0.1, -0.05) is 13.3 Å². The molecule has 1 N–H and O–H groups in total. The summed E-state index contributed by atoms with van der Waals surface area (Å²) in [6.45, 7) is 6.77. The van der Waals surface area contributed by atoms with Crippen LogP contribution in [0.15, 0.2) is 16.6 Å². The second-order valence-electron chi connectivity index (χ2n) is 4.01. The number of hydrogen-bond donors (Lipinski definition) is 1. The molecule has 1 heterocycles. The molecule has 0 amide bonds. The number of nitrogens with one attached hydrogen (secondary N) is 1. The van der Waals surface area contributed by atoms with Gasteiger partial charge in [0.15, 0.2) is 0 Å². The van der Waals surface area contributed by atoms with E-state index in [-0.39, 0.29) is 0 Å². The van der Waals surface area contributed by atoms with Crippen LogP contribution in [-0.4, -0.2) is 24.7 Å². The minimum Gasteiger partial charge on any atom is -0.381 e. The average molecular weight is 301 g/mol. The third-order valence-corrected chi connectivity index (χ3v) is 3.27. The Labute approximate surface area is 112 Å². The standard InChI is InChI=1S/C13H21BrN2O/c1-3-4-9-17-10-5-8-15-13-7-6-12(14)11(2)16-13/h6-7H,3-5,8-10H2,1-2H3,(H,15,16). The van der Waals surface area contributed by atoms with E-state index < -0.39 is 0 Å². The maximum absolute atomic E-state index is 5.49. The molecule has 0 aromatic carbocycles.